The molecule has 0 heterocycles. The van der Waals surface area contributed by atoms with E-state index in [-0.39, 0.29) is 11.7 Å². The van der Waals surface area contributed by atoms with Crippen LogP contribution in [0.3, 0.4) is 0 Å². The van der Waals surface area contributed by atoms with Crippen LogP contribution >= 0.6 is 11.8 Å². The van der Waals surface area contributed by atoms with Gasteiger partial charge in [0.1, 0.15) is 5.82 Å². The first kappa shape index (κ1) is 16.3. The van der Waals surface area contributed by atoms with Crippen LogP contribution in [0.4, 0.5) is 4.39 Å². The number of carbonyl (C=O) groups excluding carboxylic acids is 1. The molecule has 0 spiro atoms. The zero-order valence-corrected chi connectivity index (χ0v) is 13.2. The van der Waals surface area contributed by atoms with Crippen LogP contribution in [-0.2, 0) is 4.79 Å². The number of hydrogen-bond acceptors (Lipinski definition) is 3. The number of halogens is 1. The minimum atomic E-state index is -0.577. The van der Waals surface area contributed by atoms with E-state index in [0.717, 1.165) is 43.5 Å². The molecular weight excluding hydrogens is 287 g/mol. The second kappa shape index (κ2) is 7.27. The Hall–Kier alpha value is -1.07. The maximum Gasteiger partial charge on any atom is 0.237 e. The first-order chi connectivity index (χ1) is 10.1. The zero-order chi connectivity index (χ0) is 15.3. The second-order valence-corrected chi connectivity index (χ2v) is 7.04. The number of nitrogens with two attached hydrogens (primary N) is 1. The lowest BCUT2D eigenvalue weighted by atomic mass is 9.80. The van der Waals surface area contributed by atoms with Crippen molar-refractivity contribution in [1.29, 1.82) is 0 Å². The van der Waals surface area contributed by atoms with E-state index in [1.807, 2.05) is 0 Å². The van der Waals surface area contributed by atoms with Gasteiger partial charge in [-0.3, -0.25) is 4.79 Å². The largest absolute Gasteiger partial charge is 0.368 e. The Morgan fingerprint density at radius 3 is 2.81 bits per heavy atom. The predicted molar refractivity (Wildman–Crippen MR) is 84.7 cm³/mol. The molecule has 0 aromatic heterocycles. The van der Waals surface area contributed by atoms with Crippen LogP contribution in [0.25, 0.3) is 0 Å². The Kier molecular flexibility index (Phi) is 5.65. The van der Waals surface area contributed by atoms with Crippen LogP contribution in [-0.4, -0.2) is 23.2 Å². The highest BCUT2D eigenvalue weighted by Crippen LogP contribution is 2.38. The third-order valence-corrected chi connectivity index (χ3v) is 5.29. The molecule has 0 saturated heterocycles. The second-order valence-electron chi connectivity index (χ2n) is 5.66. The van der Waals surface area contributed by atoms with E-state index in [1.165, 1.54) is 12.1 Å². The van der Waals surface area contributed by atoms with Crippen molar-refractivity contribution in [3.63, 3.8) is 0 Å². The standard InChI is InChI=1S/C16H23FN2OS/c1-2-10-19-16(15(18)20)9-3-4-14(11-16)21-13-7-5-12(17)6-8-13/h5-8,14,19H,2-4,9-11H2,1H3,(H2,18,20). The Labute approximate surface area is 129 Å². The minimum Gasteiger partial charge on any atom is -0.368 e. The Morgan fingerprint density at radius 2 is 2.19 bits per heavy atom. The molecule has 3 nitrogen and oxygen atoms in total. The molecule has 0 radical (unpaired) electrons. The summed E-state index contributed by atoms with van der Waals surface area (Å²) in [6, 6.07) is 6.53. The highest BCUT2D eigenvalue weighted by Gasteiger charge is 2.41. The van der Waals surface area contributed by atoms with Gasteiger partial charge >= 0.3 is 0 Å². The highest BCUT2D eigenvalue weighted by atomic mass is 32.2. The number of amides is 1. The molecule has 1 aliphatic carbocycles. The van der Waals surface area contributed by atoms with Crippen LogP contribution in [0.15, 0.2) is 29.2 Å². The van der Waals surface area contributed by atoms with Crippen molar-refractivity contribution in [2.45, 2.75) is 54.7 Å². The van der Waals surface area contributed by atoms with E-state index >= 15 is 0 Å². The third kappa shape index (κ3) is 4.20. The molecule has 2 atom stereocenters. The average molecular weight is 310 g/mol. The Balaban J connectivity index is 2.04. The van der Waals surface area contributed by atoms with Crippen molar-refractivity contribution >= 4 is 17.7 Å². The quantitative estimate of drug-likeness (QED) is 0.849. The predicted octanol–water partition coefficient (Wildman–Crippen LogP) is 3.08. The molecule has 116 valence electrons. The van der Waals surface area contributed by atoms with Gasteiger partial charge in [-0.2, -0.15) is 0 Å². The van der Waals surface area contributed by atoms with Crippen LogP contribution in [0.1, 0.15) is 39.0 Å². The van der Waals surface area contributed by atoms with Crippen molar-refractivity contribution in [2.75, 3.05) is 6.54 Å². The topological polar surface area (TPSA) is 55.1 Å². The monoisotopic (exact) mass is 310 g/mol. The molecule has 21 heavy (non-hydrogen) atoms. The van der Waals surface area contributed by atoms with Gasteiger partial charge in [0.25, 0.3) is 0 Å². The number of nitrogens with one attached hydrogen (secondary N) is 1. The fourth-order valence-electron chi connectivity index (χ4n) is 2.87. The summed E-state index contributed by atoms with van der Waals surface area (Å²) in [5.41, 5.74) is 5.08. The third-order valence-electron chi connectivity index (χ3n) is 4.01. The van der Waals surface area contributed by atoms with E-state index in [4.69, 9.17) is 5.73 Å². The zero-order valence-electron chi connectivity index (χ0n) is 12.4. The maximum atomic E-state index is 13.0. The van der Waals surface area contributed by atoms with Gasteiger partial charge in [0.15, 0.2) is 0 Å². The average Bonchev–Trinajstić information content (AvgIpc) is 2.48. The Morgan fingerprint density at radius 1 is 1.48 bits per heavy atom. The normalized spacial score (nSPS) is 25.7. The highest BCUT2D eigenvalue weighted by molar-refractivity contribution is 8.00. The van der Waals surface area contributed by atoms with E-state index < -0.39 is 5.54 Å². The van der Waals surface area contributed by atoms with Gasteiger partial charge in [0.2, 0.25) is 5.91 Å². The summed E-state index contributed by atoms with van der Waals surface area (Å²) in [4.78, 5) is 13.0. The number of carbonyl (C=O) groups is 1. The van der Waals surface area contributed by atoms with Crippen molar-refractivity contribution in [3.8, 4) is 0 Å². The lowest BCUT2D eigenvalue weighted by molar-refractivity contribution is -0.125. The van der Waals surface area contributed by atoms with Gasteiger partial charge < -0.3 is 11.1 Å². The Bertz CT molecular complexity index is 480. The SMILES string of the molecule is CCCNC1(C(N)=O)CCCC(Sc2ccc(F)cc2)C1. The summed E-state index contributed by atoms with van der Waals surface area (Å²) in [6.45, 7) is 2.88. The van der Waals surface area contributed by atoms with E-state index in [1.54, 1.807) is 23.9 Å². The van der Waals surface area contributed by atoms with Gasteiger partial charge in [0, 0.05) is 10.1 Å². The molecule has 1 aromatic rings. The molecule has 0 bridgehead atoms. The number of thioether (sulfide) groups is 1. The van der Waals surface area contributed by atoms with Crippen LogP contribution in [0.5, 0.6) is 0 Å². The van der Waals surface area contributed by atoms with Gasteiger partial charge in [-0.05, 0) is 62.9 Å². The molecular formula is C16H23FN2OS. The fourth-order valence-corrected chi connectivity index (χ4v) is 4.20. The lowest BCUT2D eigenvalue weighted by Gasteiger charge is -2.39. The van der Waals surface area contributed by atoms with Gasteiger partial charge in [-0.25, -0.2) is 4.39 Å². The first-order valence-electron chi connectivity index (χ1n) is 7.53. The molecule has 5 heteroatoms. The number of rotatable bonds is 6. The van der Waals surface area contributed by atoms with Crippen molar-refractivity contribution < 1.29 is 9.18 Å². The molecule has 3 N–H and O–H groups in total. The fraction of sp³-hybridized carbons (Fsp3) is 0.562. The van der Waals surface area contributed by atoms with Gasteiger partial charge in [-0.1, -0.05) is 6.92 Å². The molecule has 1 saturated carbocycles. The van der Waals surface area contributed by atoms with Crippen LogP contribution < -0.4 is 11.1 Å². The number of primary amides is 1. The molecule has 2 rings (SSSR count). The van der Waals surface area contributed by atoms with Gasteiger partial charge in [0.05, 0.1) is 5.54 Å². The molecule has 1 fully saturated rings. The first-order valence-corrected chi connectivity index (χ1v) is 8.41. The van der Waals surface area contributed by atoms with Gasteiger partial charge in [-0.15, -0.1) is 11.8 Å². The molecule has 0 aliphatic heterocycles. The summed E-state index contributed by atoms with van der Waals surface area (Å²) in [7, 11) is 0. The number of hydrogen-bond donors (Lipinski definition) is 2. The summed E-state index contributed by atoms with van der Waals surface area (Å²) < 4.78 is 13.0. The van der Waals surface area contributed by atoms with Crippen molar-refractivity contribution in [1.82, 2.24) is 5.32 Å². The molecule has 1 aliphatic rings. The summed E-state index contributed by atoms with van der Waals surface area (Å²) in [5.74, 6) is -0.473. The molecule has 2 unspecified atom stereocenters. The van der Waals surface area contributed by atoms with Crippen molar-refractivity contribution in [3.05, 3.63) is 30.1 Å². The van der Waals surface area contributed by atoms with E-state index in [9.17, 15) is 9.18 Å². The summed E-state index contributed by atoms with van der Waals surface area (Å²) in [5, 5.41) is 3.70. The summed E-state index contributed by atoms with van der Waals surface area (Å²) >= 11 is 1.71. The molecule has 1 aromatic carbocycles. The smallest absolute Gasteiger partial charge is 0.237 e. The summed E-state index contributed by atoms with van der Waals surface area (Å²) in [6.07, 6.45) is 4.57. The lowest BCUT2D eigenvalue weighted by Crippen LogP contribution is -2.58. The van der Waals surface area contributed by atoms with Crippen LogP contribution in [0, 0.1) is 5.82 Å². The maximum absolute atomic E-state index is 13.0. The van der Waals surface area contributed by atoms with E-state index in [0.29, 0.717) is 5.25 Å². The van der Waals surface area contributed by atoms with Crippen LogP contribution in [0.2, 0.25) is 0 Å². The van der Waals surface area contributed by atoms with Crippen molar-refractivity contribution in [2.24, 2.45) is 5.73 Å². The number of benzene rings is 1. The van der Waals surface area contributed by atoms with E-state index in [2.05, 4.69) is 12.2 Å². The minimum absolute atomic E-state index is 0.223. The molecule has 1 amide bonds.